The first-order valence-corrected chi connectivity index (χ1v) is 6.61. The summed E-state index contributed by atoms with van der Waals surface area (Å²) in [5.41, 5.74) is 3.01. The Labute approximate surface area is 117 Å². The van der Waals surface area contributed by atoms with E-state index in [4.69, 9.17) is 9.57 Å². The highest BCUT2D eigenvalue weighted by atomic mass is 16.6. The van der Waals surface area contributed by atoms with Crippen molar-refractivity contribution in [2.45, 2.75) is 26.4 Å². The van der Waals surface area contributed by atoms with Crippen LogP contribution in [0, 0.1) is 0 Å². The van der Waals surface area contributed by atoms with E-state index < -0.39 is 6.10 Å². The standard InChI is InChI=1S/C14H18N2O4/c1-3-19-15-13(17)8-9-16-11-6-4-5-7-12(11)20-10(2)14(16)18/h4-7,10H,3,8-9H2,1-2H3,(H,15,17)/t10-/m1/s1. The van der Waals surface area contributed by atoms with Crippen molar-refractivity contribution in [1.82, 2.24) is 5.48 Å². The van der Waals surface area contributed by atoms with Crippen LogP contribution in [0.5, 0.6) is 5.75 Å². The minimum absolute atomic E-state index is 0.145. The monoisotopic (exact) mass is 278 g/mol. The third-order valence-electron chi connectivity index (χ3n) is 2.97. The predicted molar refractivity (Wildman–Crippen MR) is 73.3 cm³/mol. The molecule has 0 bridgehead atoms. The summed E-state index contributed by atoms with van der Waals surface area (Å²) >= 11 is 0. The molecule has 6 nitrogen and oxygen atoms in total. The maximum absolute atomic E-state index is 12.2. The molecule has 2 amide bonds. The molecule has 2 rings (SSSR count). The van der Waals surface area contributed by atoms with Gasteiger partial charge in [0.1, 0.15) is 5.75 Å². The smallest absolute Gasteiger partial charge is 0.267 e. The van der Waals surface area contributed by atoms with Crippen LogP contribution >= 0.6 is 0 Å². The number of ether oxygens (including phenoxy) is 1. The van der Waals surface area contributed by atoms with Gasteiger partial charge in [-0.05, 0) is 26.0 Å². The second-order valence-corrected chi connectivity index (χ2v) is 4.43. The van der Waals surface area contributed by atoms with Gasteiger partial charge in [-0.2, -0.15) is 0 Å². The highest BCUT2D eigenvalue weighted by Crippen LogP contribution is 2.33. The molecular weight excluding hydrogens is 260 g/mol. The number of para-hydroxylation sites is 2. The Bertz CT molecular complexity index is 504. The van der Waals surface area contributed by atoms with E-state index in [-0.39, 0.29) is 18.2 Å². The van der Waals surface area contributed by atoms with E-state index in [1.54, 1.807) is 24.8 Å². The number of fused-ring (bicyclic) bond motifs is 1. The van der Waals surface area contributed by atoms with Crippen LogP contribution in [0.4, 0.5) is 5.69 Å². The van der Waals surface area contributed by atoms with E-state index in [1.165, 1.54) is 0 Å². The summed E-state index contributed by atoms with van der Waals surface area (Å²) in [5.74, 6) is 0.258. The lowest BCUT2D eigenvalue weighted by molar-refractivity contribution is -0.133. The second kappa shape index (κ2) is 6.38. The van der Waals surface area contributed by atoms with Gasteiger partial charge in [-0.25, -0.2) is 5.48 Å². The van der Waals surface area contributed by atoms with Gasteiger partial charge in [0.15, 0.2) is 6.10 Å². The van der Waals surface area contributed by atoms with E-state index in [1.807, 2.05) is 18.2 Å². The zero-order chi connectivity index (χ0) is 14.5. The topological polar surface area (TPSA) is 67.9 Å². The number of hydroxylamine groups is 1. The van der Waals surface area contributed by atoms with Crippen LogP contribution in [0.2, 0.25) is 0 Å². The molecule has 20 heavy (non-hydrogen) atoms. The first kappa shape index (κ1) is 14.3. The third kappa shape index (κ3) is 3.08. The number of nitrogens with zero attached hydrogens (tertiary/aromatic N) is 1. The van der Waals surface area contributed by atoms with E-state index >= 15 is 0 Å². The van der Waals surface area contributed by atoms with E-state index in [0.717, 1.165) is 0 Å². The Kier molecular flexibility index (Phi) is 4.57. The van der Waals surface area contributed by atoms with Crippen molar-refractivity contribution >= 4 is 17.5 Å². The Morgan fingerprint density at radius 3 is 2.95 bits per heavy atom. The van der Waals surface area contributed by atoms with Gasteiger partial charge in [-0.1, -0.05) is 12.1 Å². The fourth-order valence-electron chi connectivity index (χ4n) is 2.01. The Morgan fingerprint density at radius 1 is 1.45 bits per heavy atom. The average Bonchev–Trinajstić information content (AvgIpc) is 2.45. The molecule has 1 heterocycles. The van der Waals surface area contributed by atoms with Gasteiger partial charge in [0.2, 0.25) is 5.91 Å². The SMILES string of the molecule is CCONC(=O)CCN1C(=O)[C@@H](C)Oc2ccccc21. The largest absolute Gasteiger partial charge is 0.479 e. The normalized spacial score (nSPS) is 17.4. The summed E-state index contributed by atoms with van der Waals surface area (Å²) in [6, 6.07) is 7.30. The molecular formula is C14H18N2O4. The lowest BCUT2D eigenvalue weighted by atomic mass is 10.1. The first-order valence-electron chi connectivity index (χ1n) is 6.61. The summed E-state index contributed by atoms with van der Waals surface area (Å²) in [6.45, 7) is 4.18. The molecule has 0 saturated carbocycles. The van der Waals surface area contributed by atoms with E-state index in [2.05, 4.69) is 5.48 Å². The molecule has 0 spiro atoms. The summed E-state index contributed by atoms with van der Waals surface area (Å²) in [5, 5.41) is 0. The maximum Gasteiger partial charge on any atom is 0.267 e. The van der Waals surface area contributed by atoms with Crippen LogP contribution in [0.3, 0.4) is 0 Å². The highest BCUT2D eigenvalue weighted by molar-refractivity contribution is 6.00. The van der Waals surface area contributed by atoms with Crippen molar-refractivity contribution in [3.05, 3.63) is 24.3 Å². The average molecular weight is 278 g/mol. The van der Waals surface area contributed by atoms with E-state index in [9.17, 15) is 9.59 Å². The number of hydrogen-bond acceptors (Lipinski definition) is 4. The van der Waals surface area contributed by atoms with Crippen molar-refractivity contribution in [2.75, 3.05) is 18.1 Å². The van der Waals surface area contributed by atoms with Crippen LogP contribution in [0.25, 0.3) is 0 Å². The molecule has 0 saturated heterocycles. The molecule has 6 heteroatoms. The quantitative estimate of drug-likeness (QED) is 0.823. The predicted octanol–water partition coefficient (Wildman–Crippen LogP) is 1.26. The van der Waals surface area contributed by atoms with Crippen LogP contribution < -0.4 is 15.1 Å². The summed E-state index contributed by atoms with van der Waals surface area (Å²) < 4.78 is 5.53. The number of carbonyl (C=O) groups excluding carboxylic acids is 2. The molecule has 1 aromatic carbocycles. The minimum Gasteiger partial charge on any atom is -0.479 e. The van der Waals surface area contributed by atoms with Gasteiger partial charge < -0.3 is 9.64 Å². The molecule has 1 aromatic rings. The Hall–Kier alpha value is -2.08. The van der Waals surface area contributed by atoms with Crippen LogP contribution in [-0.4, -0.2) is 31.1 Å². The number of hydrogen-bond donors (Lipinski definition) is 1. The number of benzene rings is 1. The zero-order valence-electron chi connectivity index (χ0n) is 11.6. The van der Waals surface area contributed by atoms with Gasteiger partial charge in [-0.15, -0.1) is 0 Å². The van der Waals surface area contributed by atoms with Crippen molar-refractivity contribution in [3.63, 3.8) is 0 Å². The maximum atomic E-state index is 12.2. The summed E-state index contributed by atoms with van der Waals surface area (Å²) in [4.78, 5) is 30.1. The van der Waals surface area contributed by atoms with Gasteiger partial charge in [0, 0.05) is 13.0 Å². The molecule has 1 aliphatic heterocycles. The van der Waals surface area contributed by atoms with Gasteiger partial charge in [0.25, 0.3) is 5.91 Å². The molecule has 108 valence electrons. The summed E-state index contributed by atoms with van der Waals surface area (Å²) in [6.07, 6.45) is -0.368. The molecule has 1 aliphatic rings. The molecule has 0 fully saturated rings. The van der Waals surface area contributed by atoms with Gasteiger partial charge >= 0.3 is 0 Å². The van der Waals surface area contributed by atoms with Crippen LogP contribution in [-0.2, 0) is 14.4 Å². The summed E-state index contributed by atoms with van der Waals surface area (Å²) in [7, 11) is 0. The Morgan fingerprint density at radius 2 is 2.20 bits per heavy atom. The molecule has 1 atom stereocenters. The van der Waals surface area contributed by atoms with Crippen molar-refractivity contribution in [1.29, 1.82) is 0 Å². The lowest BCUT2D eigenvalue weighted by Gasteiger charge is -2.32. The number of nitrogens with one attached hydrogen (secondary N) is 1. The van der Waals surface area contributed by atoms with Gasteiger partial charge in [-0.3, -0.25) is 14.4 Å². The number of anilines is 1. The lowest BCUT2D eigenvalue weighted by Crippen LogP contribution is -2.45. The molecule has 0 radical (unpaired) electrons. The first-order chi connectivity index (χ1) is 9.63. The van der Waals surface area contributed by atoms with Gasteiger partial charge in [0.05, 0.1) is 12.3 Å². The Balaban J connectivity index is 2.06. The molecule has 0 aliphatic carbocycles. The van der Waals surface area contributed by atoms with Crippen LogP contribution in [0.15, 0.2) is 24.3 Å². The number of amides is 2. The van der Waals surface area contributed by atoms with Crippen molar-refractivity contribution in [3.8, 4) is 5.75 Å². The number of carbonyl (C=O) groups is 2. The number of rotatable bonds is 5. The minimum atomic E-state index is -0.542. The second-order valence-electron chi connectivity index (χ2n) is 4.43. The third-order valence-corrected chi connectivity index (χ3v) is 2.97. The zero-order valence-corrected chi connectivity index (χ0v) is 11.6. The van der Waals surface area contributed by atoms with E-state index in [0.29, 0.717) is 24.6 Å². The molecule has 0 unspecified atom stereocenters. The van der Waals surface area contributed by atoms with Crippen molar-refractivity contribution < 1.29 is 19.2 Å². The molecule has 1 N–H and O–H groups in total. The molecule has 0 aromatic heterocycles. The van der Waals surface area contributed by atoms with Crippen LogP contribution in [0.1, 0.15) is 20.3 Å². The van der Waals surface area contributed by atoms with Crippen molar-refractivity contribution in [2.24, 2.45) is 0 Å². The fraction of sp³-hybridized carbons (Fsp3) is 0.429. The highest BCUT2D eigenvalue weighted by Gasteiger charge is 2.31. The fourth-order valence-corrected chi connectivity index (χ4v) is 2.01.